The molecule has 2 aromatic rings. The second-order valence-corrected chi connectivity index (χ2v) is 5.07. The van der Waals surface area contributed by atoms with Gasteiger partial charge in [-0.15, -0.1) is 0 Å². The largest absolute Gasteiger partial charge is 0.310 e. The summed E-state index contributed by atoms with van der Waals surface area (Å²) in [4.78, 5) is 13.5. The van der Waals surface area contributed by atoms with Crippen LogP contribution in [0.4, 0.5) is 5.69 Å². The van der Waals surface area contributed by atoms with E-state index in [4.69, 9.17) is 5.84 Å². The molecule has 0 bridgehead atoms. The zero-order chi connectivity index (χ0) is 13.9. The number of aromatic nitrogens is 1. The summed E-state index contributed by atoms with van der Waals surface area (Å²) in [6.07, 6.45) is 1.75. The van der Waals surface area contributed by atoms with E-state index in [1.165, 1.54) is 0 Å². The number of hydrazine groups is 1. The number of nitrogens with zero attached hydrogens (tertiary/aromatic N) is 3. The topological polar surface area (TPSA) is 75.7 Å². The summed E-state index contributed by atoms with van der Waals surface area (Å²) in [6, 6.07) is 11.6. The highest BCUT2D eigenvalue weighted by Gasteiger charge is 2.19. The van der Waals surface area contributed by atoms with Crippen LogP contribution in [0.1, 0.15) is 11.3 Å². The molecule has 0 spiro atoms. The minimum atomic E-state index is 0.392. The Hall–Kier alpha value is -2.05. The summed E-state index contributed by atoms with van der Waals surface area (Å²) in [7, 11) is 0. The standard InChI is InChI=1S/C14H12BrN5/c15-9-4-3-6-10-13(9)14(11-5-1-2-7-17-11)18-8-12(19-10)20-16/h1-7H,8,16H2,(H,19,20). The van der Waals surface area contributed by atoms with Crippen LogP contribution in [-0.2, 0) is 0 Å². The number of halogens is 1. The molecular weight excluding hydrogens is 318 g/mol. The molecule has 5 nitrogen and oxygen atoms in total. The molecule has 20 heavy (non-hydrogen) atoms. The van der Waals surface area contributed by atoms with Gasteiger partial charge in [0.15, 0.2) is 0 Å². The van der Waals surface area contributed by atoms with Crippen molar-refractivity contribution in [2.45, 2.75) is 0 Å². The van der Waals surface area contributed by atoms with Crippen molar-refractivity contribution in [2.24, 2.45) is 15.8 Å². The number of pyridine rings is 1. The lowest BCUT2D eigenvalue weighted by Crippen LogP contribution is -2.32. The van der Waals surface area contributed by atoms with Crippen molar-refractivity contribution in [3.05, 3.63) is 58.3 Å². The maximum atomic E-state index is 5.47. The maximum Gasteiger partial charge on any atom is 0.138 e. The van der Waals surface area contributed by atoms with E-state index in [1.807, 2.05) is 36.4 Å². The predicted molar refractivity (Wildman–Crippen MR) is 83.3 cm³/mol. The lowest BCUT2D eigenvalue weighted by atomic mass is 10.0. The first-order valence-electron chi connectivity index (χ1n) is 6.08. The van der Waals surface area contributed by atoms with Gasteiger partial charge >= 0.3 is 0 Å². The summed E-state index contributed by atoms with van der Waals surface area (Å²) >= 11 is 3.57. The van der Waals surface area contributed by atoms with Crippen molar-refractivity contribution in [3.63, 3.8) is 0 Å². The Morgan fingerprint density at radius 2 is 2.05 bits per heavy atom. The van der Waals surface area contributed by atoms with Gasteiger partial charge in [0.25, 0.3) is 0 Å². The van der Waals surface area contributed by atoms with Gasteiger partial charge in [-0.2, -0.15) is 0 Å². The Balaban J connectivity index is 2.22. The van der Waals surface area contributed by atoms with E-state index in [0.29, 0.717) is 12.4 Å². The number of fused-ring (bicyclic) bond motifs is 1. The molecule has 1 aliphatic heterocycles. The second kappa shape index (κ2) is 5.52. The van der Waals surface area contributed by atoms with E-state index >= 15 is 0 Å². The molecule has 1 aromatic carbocycles. The first-order chi connectivity index (χ1) is 9.79. The summed E-state index contributed by atoms with van der Waals surface area (Å²) in [6.45, 7) is 0.392. The van der Waals surface area contributed by atoms with Gasteiger partial charge in [-0.1, -0.05) is 28.1 Å². The van der Waals surface area contributed by atoms with Crippen molar-refractivity contribution in [2.75, 3.05) is 6.54 Å². The summed E-state index contributed by atoms with van der Waals surface area (Å²) in [5, 5.41) is 0. The highest BCUT2D eigenvalue weighted by Crippen LogP contribution is 2.31. The molecule has 6 heteroatoms. The molecule has 0 fully saturated rings. The zero-order valence-corrected chi connectivity index (χ0v) is 12.1. The normalized spacial score (nSPS) is 13.9. The molecule has 0 radical (unpaired) electrons. The predicted octanol–water partition coefficient (Wildman–Crippen LogP) is 2.19. The fraction of sp³-hybridized carbons (Fsp3) is 0.0714. The van der Waals surface area contributed by atoms with E-state index in [1.54, 1.807) is 6.20 Å². The van der Waals surface area contributed by atoms with Crippen molar-refractivity contribution < 1.29 is 0 Å². The summed E-state index contributed by atoms with van der Waals surface area (Å²) in [5.41, 5.74) is 5.95. The molecule has 0 unspecified atom stereocenters. The minimum absolute atomic E-state index is 0.392. The molecule has 1 aliphatic rings. The lowest BCUT2D eigenvalue weighted by Gasteiger charge is -2.09. The fourth-order valence-electron chi connectivity index (χ4n) is 2.04. The molecule has 1 aromatic heterocycles. The third-order valence-corrected chi connectivity index (χ3v) is 3.61. The van der Waals surface area contributed by atoms with Gasteiger partial charge in [-0.25, -0.2) is 10.8 Å². The monoisotopic (exact) mass is 329 g/mol. The zero-order valence-electron chi connectivity index (χ0n) is 10.5. The van der Waals surface area contributed by atoms with Gasteiger partial charge in [0.2, 0.25) is 0 Å². The fourth-order valence-corrected chi connectivity index (χ4v) is 2.59. The number of amidine groups is 1. The Bertz CT molecular complexity index is 694. The maximum absolute atomic E-state index is 5.47. The van der Waals surface area contributed by atoms with Crippen LogP contribution in [0.3, 0.4) is 0 Å². The van der Waals surface area contributed by atoms with Gasteiger partial charge in [-0.3, -0.25) is 9.98 Å². The lowest BCUT2D eigenvalue weighted by molar-refractivity contribution is 0.992. The van der Waals surface area contributed by atoms with Crippen LogP contribution >= 0.6 is 15.9 Å². The average Bonchev–Trinajstić information content (AvgIpc) is 2.68. The van der Waals surface area contributed by atoms with Crippen molar-refractivity contribution in [1.29, 1.82) is 0 Å². The van der Waals surface area contributed by atoms with E-state index in [0.717, 1.165) is 27.1 Å². The molecule has 3 N–H and O–H groups in total. The summed E-state index contributed by atoms with van der Waals surface area (Å²) in [5.74, 6) is 6.10. The van der Waals surface area contributed by atoms with E-state index in [9.17, 15) is 0 Å². The molecule has 0 aliphatic carbocycles. The molecule has 0 amide bonds. The highest BCUT2D eigenvalue weighted by atomic mass is 79.9. The van der Waals surface area contributed by atoms with Gasteiger partial charge in [0, 0.05) is 16.2 Å². The Morgan fingerprint density at radius 1 is 1.15 bits per heavy atom. The number of hydrogen-bond acceptors (Lipinski definition) is 5. The van der Waals surface area contributed by atoms with Gasteiger partial charge in [-0.05, 0) is 24.3 Å². The van der Waals surface area contributed by atoms with E-state index in [-0.39, 0.29) is 0 Å². The number of nitrogens with one attached hydrogen (secondary N) is 1. The molecule has 0 saturated carbocycles. The van der Waals surface area contributed by atoms with Crippen LogP contribution in [0.2, 0.25) is 0 Å². The molecule has 0 saturated heterocycles. The SMILES string of the molecule is NNC1=Nc2cccc(Br)c2C(c2ccccn2)=NC1. The van der Waals surface area contributed by atoms with Crippen molar-refractivity contribution >= 4 is 33.2 Å². The van der Waals surface area contributed by atoms with Crippen molar-refractivity contribution in [1.82, 2.24) is 10.4 Å². The van der Waals surface area contributed by atoms with Crippen LogP contribution in [-0.4, -0.2) is 23.1 Å². The Morgan fingerprint density at radius 3 is 2.80 bits per heavy atom. The third-order valence-electron chi connectivity index (χ3n) is 2.94. The molecule has 3 rings (SSSR count). The number of rotatable bonds is 1. The minimum Gasteiger partial charge on any atom is -0.310 e. The van der Waals surface area contributed by atoms with Crippen molar-refractivity contribution in [3.8, 4) is 0 Å². The number of benzene rings is 1. The smallest absolute Gasteiger partial charge is 0.138 e. The van der Waals surface area contributed by atoms with Crippen LogP contribution in [0.5, 0.6) is 0 Å². The Kier molecular flexibility index (Phi) is 3.58. The van der Waals surface area contributed by atoms with Crippen LogP contribution < -0.4 is 11.3 Å². The van der Waals surface area contributed by atoms with Gasteiger partial charge < -0.3 is 5.43 Å². The summed E-state index contributed by atoms with van der Waals surface area (Å²) < 4.78 is 0.932. The van der Waals surface area contributed by atoms with E-state index < -0.39 is 0 Å². The number of nitrogens with two attached hydrogens (primary N) is 1. The molecule has 2 heterocycles. The van der Waals surface area contributed by atoms with Gasteiger partial charge in [0.05, 0.1) is 23.6 Å². The average molecular weight is 330 g/mol. The second-order valence-electron chi connectivity index (χ2n) is 4.22. The number of aliphatic imine (C=N–C) groups is 2. The first-order valence-corrected chi connectivity index (χ1v) is 6.88. The Labute approximate surface area is 124 Å². The van der Waals surface area contributed by atoms with Crippen LogP contribution in [0.25, 0.3) is 0 Å². The quantitative estimate of drug-likeness (QED) is 0.622. The third kappa shape index (κ3) is 2.35. The van der Waals surface area contributed by atoms with Crippen LogP contribution in [0.15, 0.2) is 57.1 Å². The molecular formula is C14H12BrN5. The first kappa shape index (κ1) is 13.0. The molecule has 0 atom stereocenters. The number of hydrogen-bond donors (Lipinski definition) is 2. The van der Waals surface area contributed by atoms with E-state index in [2.05, 4.69) is 36.3 Å². The highest BCUT2D eigenvalue weighted by molar-refractivity contribution is 9.10. The van der Waals surface area contributed by atoms with Crippen LogP contribution in [0, 0.1) is 0 Å². The van der Waals surface area contributed by atoms with Gasteiger partial charge in [0.1, 0.15) is 5.84 Å². The molecule has 100 valence electrons.